The summed E-state index contributed by atoms with van der Waals surface area (Å²) in [7, 11) is 0. The number of hydrogen-bond acceptors (Lipinski definition) is 6. The number of nitrogens with two attached hydrogens (primary N) is 1. The largest absolute Gasteiger partial charge is 0.427 e. The summed E-state index contributed by atoms with van der Waals surface area (Å²) in [5.74, 6) is 2.31. The van der Waals surface area contributed by atoms with Crippen molar-refractivity contribution in [1.29, 1.82) is 0 Å². The highest BCUT2D eigenvalue weighted by atomic mass is 17.3. The van der Waals surface area contributed by atoms with Gasteiger partial charge in [-0.25, -0.2) is 0 Å². The first-order chi connectivity index (χ1) is 15.6. The van der Waals surface area contributed by atoms with E-state index in [0.29, 0.717) is 42.9 Å². The summed E-state index contributed by atoms with van der Waals surface area (Å²) >= 11 is 0. The van der Waals surface area contributed by atoms with E-state index in [-0.39, 0.29) is 5.97 Å². The summed E-state index contributed by atoms with van der Waals surface area (Å²) in [5.41, 5.74) is 6.70. The maximum absolute atomic E-state index is 11.9. The number of carbonyl (C=O) groups is 1. The third-order valence-corrected chi connectivity index (χ3v) is 8.78. The number of esters is 1. The van der Waals surface area contributed by atoms with Gasteiger partial charge in [-0.2, -0.15) is 9.78 Å². The van der Waals surface area contributed by atoms with Crippen molar-refractivity contribution >= 4 is 5.97 Å². The minimum atomic E-state index is -0.619. The van der Waals surface area contributed by atoms with Crippen LogP contribution in [0.25, 0.3) is 0 Å². The lowest BCUT2D eigenvalue weighted by Gasteiger charge is -2.57. The van der Waals surface area contributed by atoms with Crippen molar-refractivity contribution in [3.8, 4) is 5.75 Å². The lowest BCUT2D eigenvalue weighted by molar-refractivity contribution is -0.390. The van der Waals surface area contributed by atoms with Crippen molar-refractivity contribution < 1.29 is 24.0 Å². The van der Waals surface area contributed by atoms with E-state index in [4.69, 9.17) is 25.0 Å². The average Bonchev–Trinajstić information content (AvgIpc) is 3.15. The maximum Gasteiger partial charge on any atom is 0.311 e. The van der Waals surface area contributed by atoms with Gasteiger partial charge in [0.15, 0.2) is 0 Å². The summed E-state index contributed by atoms with van der Waals surface area (Å²) in [6, 6.07) is 7.93. The highest BCUT2D eigenvalue weighted by Crippen LogP contribution is 2.64. The normalized spacial score (nSPS) is 42.1. The molecule has 7 rings (SSSR count). The molecule has 1 aromatic rings. The molecule has 174 valence electrons. The van der Waals surface area contributed by atoms with Crippen molar-refractivity contribution in [2.75, 3.05) is 6.54 Å². The van der Waals surface area contributed by atoms with Crippen LogP contribution in [0.5, 0.6) is 5.75 Å². The Balaban J connectivity index is 1.13. The Bertz CT molecular complexity index is 826. The lowest BCUT2D eigenvalue weighted by atomic mass is 9.53. The van der Waals surface area contributed by atoms with Crippen LogP contribution in [-0.2, 0) is 19.3 Å². The number of ether oxygens (including phenoxy) is 2. The summed E-state index contributed by atoms with van der Waals surface area (Å²) in [5, 5.41) is 0. The Labute approximate surface area is 190 Å². The molecule has 1 aromatic carbocycles. The van der Waals surface area contributed by atoms with E-state index in [1.165, 1.54) is 37.7 Å². The Hall–Kier alpha value is -1.47. The molecule has 1 saturated heterocycles. The predicted octanol–water partition coefficient (Wildman–Crippen LogP) is 4.82. The highest BCUT2D eigenvalue weighted by Gasteiger charge is 2.67. The molecular weight excluding hydrogens is 406 g/mol. The van der Waals surface area contributed by atoms with Crippen LogP contribution in [0.1, 0.15) is 82.1 Å². The monoisotopic (exact) mass is 441 g/mol. The molecular formula is C26H35NO5. The van der Waals surface area contributed by atoms with E-state index >= 15 is 0 Å². The molecule has 5 aliphatic carbocycles. The van der Waals surface area contributed by atoms with Gasteiger partial charge in [-0.15, -0.1) is 0 Å². The van der Waals surface area contributed by atoms with Crippen molar-refractivity contribution in [3.63, 3.8) is 0 Å². The molecule has 2 spiro atoms. The van der Waals surface area contributed by atoms with Crippen LogP contribution in [-0.4, -0.2) is 24.1 Å². The maximum atomic E-state index is 11.9. The van der Waals surface area contributed by atoms with Crippen LogP contribution in [0.2, 0.25) is 0 Å². The summed E-state index contributed by atoms with van der Waals surface area (Å²) in [4.78, 5) is 24.2. The first kappa shape index (κ1) is 21.1. The third kappa shape index (κ3) is 3.60. The molecule has 0 radical (unpaired) electrons. The second-order valence-electron chi connectivity index (χ2n) is 10.9. The number of hydrogen-bond donors (Lipinski definition) is 1. The standard InChI is InChI=1S/C26H35NO5/c27-10-2-4-24(28)29-23-7-5-19(6-8-23)20-3-1-9-25(16-20)30-26(32-31-25)21-12-17-11-18(14-21)15-22(26)13-17/h5-8,17-18,20-22H,1-4,9-16,27H2/t17?,18?,20?,21?,22?,25-,26?/m1/s1. The zero-order valence-corrected chi connectivity index (χ0v) is 18.8. The predicted molar refractivity (Wildman–Crippen MR) is 117 cm³/mol. The fourth-order valence-corrected chi connectivity index (χ4v) is 7.50. The van der Waals surface area contributed by atoms with Crippen LogP contribution >= 0.6 is 0 Å². The van der Waals surface area contributed by atoms with Gasteiger partial charge in [0, 0.05) is 31.1 Å². The second kappa shape index (κ2) is 8.08. The van der Waals surface area contributed by atoms with E-state index in [9.17, 15) is 4.79 Å². The Morgan fingerprint density at radius 2 is 1.75 bits per heavy atom. The number of carbonyl (C=O) groups excluding carboxylic acids is 1. The highest BCUT2D eigenvalue weighted by molar-refractivity contribution is 5.72. The van der Waals surface area contributed by atoms with Gasteiger partial charge in [0.05, 0.1) is 0 Å². The minimum absolute atomic E-state index is 0.231. The summed E-state index contributed by atoms with van der Waals surface area (Å²) in [6.07, 6.45) is 11.2. The Morgan fingerprint density at radius 1 is 1.03 bits per heavy atom. The quantitative estimate of drug-likeness (QED) is 0.401. The van der Waals surface area contributed by atoms with Gasteiger partial charge in [0.25, 0.3) is 0 Å². The van der Waals surface area contributed by atoms with Crippen molar-refractivity contribution in [3.05, 3.63) is 29.8 Å². The number of rotatable bonds is 5. The molecule has 6 nitrogen and oxygen atoms in total. The van der Waals surface area contributed by atoms with Gasteiger partial charge in [-0.1, -0.05) is 12.1 Å². The first-order valence-corrected chi connectivity index (χ1v) is 12.7. The second-order valence-corrected chi connectivity index (χ2v) is 10.9. The fraction of sp³-hybridized carbons (Fsp3) is 0.731. The molecule has 0 amide bonds. The molecule has 6 fully saturated rings. The Morgan fingerprint density at radius 3 is 2.44 bits per heavy atom. The van der Waals surface area contributed by atoms with Crippen LogP contribution in [0.4, 0.5) is 0 Å². The van der Waals surface area contributed by atoms with Gasteiger partial charge in [-0.3, -0.25) is 4.79 Å². The van der Waals surface area contributed by atoms with Crippen molar-refractivity contribution in [1.82, 2.24) is 0 Å². The van der Waals surface area contributed by atoms with Crippen LogP contribution in [0.15, 0.2) is 24.3 Å². The molecule has 1 unspecified atom stereocenters. The molecule has 4 bridgehead atoms. The van der Waals surface area contributed by atoms with E-state index in [2.05, 4.69) is 12.1 Å². The van der Waals surface area contributed by atoms with E-state index in [0.717, 1.165) is 37.5 Å². The van der Waals surface area contributed by atoms with Gasteiger partial charge in [0.2, 0.25) is 11.6 Å². The fourth-order valence-electron chi connectivity index (χ4n) is 7.50. The molecule has 1 aliphatic heterocycles. The van der Waals surface area contributed by atoms with Crippen molar-refractivity contribution in [2.24, 2.45) is 29.4 Å². The van der Waals surface area contributed by atoms with Gasteiger partial charge < -0.3 is 15.2 Å². The van der Waals surface area contributed by atoms with Gasteiger partial charge >= 0.3 is 5.97 Å². The van der Waals surface area contributed by atoms with Crippen LogP contribution in [0, 0.1) is 23.7 Å². The molecule has 0 aromatic heterocycles. The summed E-state index contributed by atoms with van der Waals surface area (Å²) < 4.78 is 12.3. The molecule has 2 N–H and O–H groups in total. The van der Waals surface area contributed by atoms with Crippen molar-refractivity contribution in [2.45, 2.75) is 88.1 Å². The average molecular weight is 442 g/mol. The molecule has 1 heterocycles. The smallest absolute Gasteiger partial charge is 0.311 e. The zero-order valence-electron chi connectivity index (χ0n) is 18.8. The molecule has 5 saturated carbocycles. The molecule has 32 heavy (non-hydrogen) atoms. The van der Waals surface area contributed by atoms with E-state index < -0.39 is 11.6 Å². The minimum Gasteiger partial charge on any atom is -0.427 e. The topological polar surface area (TPSA) is 80.0 Å². The van der Waals surface area contributed by atoms with Crippen LogP contribution in [0.3, 0.4) is 0 Å². The lowest BCUT2D eigenvalue weighted by Crippen LogP contribution is -2.59. The zero-order chi connectivity index (χ0) is 21.8. The molecule has 2 atom stereocenters. The Kier molecular flexibility index (Phi) is 5.33. The molecule has 6 heteroatoms. The number of benzene rings is 1. The van der Waals surface area contributed by atoms with Gasteiger partial charge in [-0.05, 0) is 93.4 Å². The van der Waals surface area contributed by atoms with E-state index in [1.54, 1.807) is 0 Å². The van der Waals surface area contributed by atoms with Gasteiger partial charge in [0.1, 0.15) is 5.75 Å². The van der Waals surface area contributed by atoms with Crippen LogP contribution < -0.4 is 10.5 Å². The third-order valence-electron chi connectivity index (χ3n) is 8.78. The first-order valence-electron chi connectivity index (χ1n) is 12.7. The van der Waals surface area contributed by atoms with E-state index in [1.807, 2.05) is 12.1 Å². The summed E-state index contributed by atoms with van der Waals surface area (Å²) in [6.45, 7) is 0.495. The SMILES string of the molecule is NCCCC(=O)Oc1ccc(C2CCC[C@]3(C2)OOC2(O3)C3CC4CC(C3)CC2C4)cc1. The molecule has 6 aliphatic rings.